The molecule has 0 saturated heterocycles. The maximum absolute atomic E-state index is 13.0. The Hall–Kier alpha value is -3.88. The van der Waals surface area contributed by atoms with Gasteiger partial charge in [-0.25, -0.2) is 14.4 Å². The molecule has 0 unspecified atom stereocenters. The van der Waals surface area contributed by atoms with E-state index in [0.717, 1.165) is 0 Å². The molecule has 3 rings (SSSR count). The first-order valence-corrected chi connectivity index (χ1v) is 10.5. The van der Waals surface area contributed by atoms with Crippen molar-refractivity contribution in [3.63, 3.8) is 0 Å². The lowest BCUT2D eigenvalue weighted by Crippen LogP contribution is -2.48. The molecule has 174 valence electrons. The summed E-state index contributed by atoms with van der Waals surface area (Å²) in [6, 6.07) is 19.1. The second kappa shape index (κ2) is 11.3. The van der Waals surface area contributed by atoms with E-state index in [-0.39, 0.29) is 11.1 Å². The van der Waals surface area contributed by atoms with Gasteiger partial charge in [0, 0.05) is 15.7 Å². The summed E-state index contributed by atoms with van der Waals surface area (Å²) in [5.41, 5.74) is 0.310. The van der Waals surface area contributed by atoms with E-state index >= 15 is 0 Å². The average molecular weight is 502 g/mol. The number of carbonyl (C=O) groups is 4. The molecular formula is C24H17Cl2NO7. The molecule has 2 N–H and O–H groups in total. The third-order valence-corrected chi connectivity index (χ3v) is 4.95. The average Bonchev–Trinajstić information content (AvgIpc) is 2.82. The highest BCUT2D eigenvalue weighted by molar-refractivity contribution is 6.31. The summed E-state index contributed by atoms with van der Waals surface area (Å²) < 4.78 is 10.3. The molecule has 8 nitrogen and oxygen atoms in total. The van der Waals surface area contributed by atoms with Crippen LogP contribution in [-0.4, -0.2) is 41.1 Å². The van der Waals surface area contributed by atoms with Crippen molar-refractivity contribution in [2.75, 3.05) is 5.32 Å². The Morgan fingerprint density at radius 2 is 1.12 bits per heavy atom. The van der Waals surface area contributed by atoms with E-state index in [2.05, 4.69) is 5.32 Å². The van der Waals surface area contributed by atoms with Gasteiger partial charge >= 0.3 is 17.9 Å². The zero-order valence-corrected chi connectivity index (χ0v) is 18.8. The van der Waals surface area contributed by atoms with Crippen molar-refractivity contribution in [1.82, 2.24) is 0 Å². The number of aliphatic carboxylic acids is 1. The lowest BCUT2D eigenvalue weighted by Gasteiger charge is -2.23. The summed E-state index contributed by atoms with van der Waals surface area (Å²) in [5, 5.41) is 12.9. The number of amides is 1. The van der Waals surface area contributed by atoms with Gasteiger partial charge in [0.05, 0.1) is 11.1 Å². The third kappa shape index (κ3) is 6.57. The Kier molecular flexibility index (Phi) is 8.24. The summed E-state index contributed by atoms with van der Waals surface area (Å²) in [6.07, 6.45) is -4.17. The molecule has 0 bridgehead atoms. The predicted octanol–water partition coefficient (Wildman–Crippen LogP) is 4.47. The number of para-hydroxylation sites is 1. The van der Waals surface area contributed by atoms with Crippen LogP contribution in [0.1, 0.15) is 20.7 Å². The number of hydrogen-bond donors (Lipinski definition) is 2. The predicted molar refractivity (Wildman–Crippen MR) is 124 cm³/mol. The second-order valence-corrected chi connectivity index (χ2v) is 7.73. The first-order chi connectivity index (χ1) is 16.2. The molecule has 1 amide bonds. The van der Waals surface area contributed by atoms with Gasteiger partial charge in [0.2, 0.25) is 12.2 Å². The molecule has 0 spiro atoms. The molecule has 34 heavy (non-hydrogen) atoms. The maximum Gasteiger partial charge on any atom is 0.349 e. The number of anilines is 1. The van der Waals surface area contributed by atoms with Crippen LogP contribution in [0.4, 0.5) is 5.69 Å². The van der Waals surface area contributed by atoms with Gasteiger partial charge in [-0.05, 0) is 60.7 Å². The standard InChI is InChI=1S/C24H17Cl2NO7/c25-16-10-6-14(7-11-16)23(31)33-19(21(28)27-18-4-2-1-3-5-18)20(22(29)30)34-24(32)15-8-12-17(26)13-9-15/h1-13,19-20H,(H,27,28)(H,29,30)/t19-,20-/m0/s1. The minimum atomic E-state index is -2.15. The van der Waals surface area contributed by atoms with Crippen molar-refractivity contribution in [1.29, 1.82) is 0 Å². The van der Waals surface area contributed by atoms with E-state index < -0.39 is 36.0 Å². The van der Waals surface area contributed by atoms with Crippen LogP contribution in [0.5, 0.6) is 0 Å². The van der Waals surface area contributed by atoms with Gasteiger partial charge in [-0.3, -0.25) is 4.79 Å². The molecule has 3 aromatic rings. The highest BCUT2D eigenvalue weighted by Crippen LogP contribution is 2.18. The summed E-state index contributed by atoms with van der Waals surface area (Å²) in [6.45, 7) is 0. The molecule has 10 heteroatoms. The molecule has 3 aromatic carbocycles. The van der Waals surface area contributed by atoms with Crippen molar-refractivity contribution in [2.45, 2.75) is 12.2 Å². The zero-order valence-electron chi connectivity index (χ0n) is 17.3. The van der Waals surface area contributed by atoms with Crippen molar-refractivity contribution in [3.8, 4) is 0 Å². The van der Waals surface area contributed by atoms with Crippen LogP contribution < -0.4 is 5.32 Å². The minimum Gasteiger partial charge on any atom is -0.478 e. The molecule has 0 aromatic heterocycles. The van der Waals surface area contributed by atoms with Gasteiger partial charge in [0.15, 0.2) is 0 Å². The molecular weight excluding hydrogens is 485 g/mol. The van der Waals surface area contributed by atoms with E-state index in [9.17, 15) is 24.3 Å². The number of carbonyl (C=O) groups excluding carboxylic acids is 3. The Bertz CT molecular complexity index is 1180. The van der Waals surface area contributed by atoms with Crippen LogP contribution in [0, 0.1) is 0 Å². The molecule has 0 aliphatic rings. The van der Waals surface area contributed by atoms with Gasteiger partial charge in [0.25, 0.3) is 5.91 Å². The number of hydrogen-bond acceptors (Lipinski definition) is 6. The van der Waals surface area contributed by atoms with Gasteiger partial charge in [-0.2, -0.15) is 0 Å². The fraction of sp³-hybridized carbons (Fsp3) is 0.0833. The van der Waals surface area contributed by atoms with Crippen LogP contribution in [-0.2, 0) is 19.1 Å². The van der Waals surface area contributed by atoms with Crippen molar-refractivity contribution < 1.29 is 33.8 Å². The number of carboxylic acids is 1. The van der Waals surface area contributed by atoms with E-state index in [1.165, 1.54) is 48.5 Å². The fourth-order valence-corrected chi connectivity index (χ4v) is 3.02. The van der Waals surface area contributed by atoms with Gasteiger partial charge in [-0.1, -0.05) is 41.4 Å². The Morgan fingerprint density at radius 3 is 1.56 bits per heavy atom. The van der Waals surface area contributed by atoms with Crippen molar-refractivity contribution >= 4 is 52.7 Å². The highest BCUT2D eigenvalue weighted by atomic mass is 35.5. The van der Waals surface area contributed by atoms with Gasteiger partial charge in [-0.15, -0.1) is 0 Å². The van der Waals surface area contributed by atoms with E-state index in [1.807, 2.05) is 0 Å². The first-order valence-electron chi connectivity index (χ1n) is 9.76. The number of benzene rings is 3. The minimum absolute atomic E-state index is 0.00933. The SMILES string of the molecule is O=C(O[C@H](C(=O)O)[C@H](OC(=O)c1ccc(Cl)cc1)C(=O)Nc1ccccc1)c1ccc(Cl)cc1. The van der Waals surface area contributed by atoms with Crippen molar-refractivity contribution in [3.05, 3.63) is 100 Å². The first kappa shape index (κ1) is 24.8. The quantitative estimate of drug-likeness (QED) is 0.437. The topological polar surface area (TPSA) is 119 Å². The molecule has 0 saturated carbocycles. The highest BCUT2D eigenvalue weighted by Gasteiger charge is 2.41. The second-order valence-electron chi connectivity index (χ2n) is 6.86. The smallest absolute Gasteiger partial charge is 0.349 e. The molecule has 0 radical (unpaired) electrons. The largest absolute Gasteiger partial charge is 0.478 e. The van der Waals surface area contributed by atoms with Crippen LogP contribution in [0.3, 0.4) is 0 Å². The molecule has 0 aliphatic heterocycles. The normalized spacial score (nSPS) is 12.2. The molecule has 0 aliphatic carbocycles. The number of rotatable bonds is 8. The van der Waals surface area contributed by atoms with Gasteiger partial charge < -0.3 is 19.9 Å². The monoisotopic (exact) mass is 501 g/mol. The molecule has 0 heterocycles. The van der Waals surface area contributed by atoms with E-state index in [4.69, 9.17) is 32.7 Å². The summed E-state index contributed by atoms with van der Waals surface area (Å²) in [4.78, 5) is 50.1. The molecule has 2 atom stereocenters. The zero-order chi connectivity index (χ0) is 24.7. The van der Waals surface area contributed by atoms with Crippen LogP contribution >= 0.6 is 23.2 Å². The molecule has 0 fully saturated rings. The number of ether oxygens (including phenoxy) is 2. The summed E-state index contributed by atoms with van der Waals surface area (Å²) >= 11 is 11.6. The van der Waals surface area contributed by atoms with E-state index in [1.54, 1.807) is 30.3 Å². The number of halogens is 2. The van der Waals surface area contributed by atoms with Gasteiger partial charge in [0.1, 0.15) is 0 Å². The fourth-order valence-electron chi connectivity index (χ4n) is 2.77. The Balaban J connectivity index is 1.89. The van der Waals surface area contributed by atoms with Crippen LogP contribution in [0.25, 0.3) is 0 Å². The summed E-state index contributed by atoms with van der Waals surface area (Å²) in [7, 11) is 0. The van der Waals surface area contributed by atoms with Crippen LogP contribution in [0.15, 0.2) is 78.9 Å². The Labute approximate surface area is 204 Å². The number of nitrogens with one attached hydrogen (secondary N) is 1. The van der Waals surface area contributed by atoms with E-state index in [0.29, 0.717) is 15.7 Å². The van der Waals surface area contributed by atoms with Crippen molar-refractivity contribution in [2.24, 2.45) is 0 Å². The maximum atomic E-state index is 13.0. The van der Waals surface area contributed by atoms with Crippen LogP contribution in [0.2, 0.25) is 10.0 Å². The Morgan fingerprint density at radius 1 is 0.676 bits per heavy atom. The lowest BCUT2D eigenvalue weighted by molar-refractivity contribution is -0.157. The number of carboxylic acid groups (broad SMARTS) is 1. The summed E-state index contributed by atoms with van der Waals surface area (Å²) in [5.74, 6) is -4.77. The lowest BCUT2D eigenvalue weighted by atomic mass is 10.1. The number of esters is 2. The third-order valence-electron chi connectivity index (χ3n) is 4.45.